The van der Waals surface area contributed by atoms with Crippen LogP contribution in [0.4, 0.5) is 5.69 Å². The van der Waals surface area contributed by atoms with E-state index < -0.39 is 18.5 Å². The highest BCUT2D eigenvalue weighted by Crippen LogP contribution is 2.11. The van der Waals surface area contributed by atoms with Crippen LogP contribution in [-0.4, -0.2) is 53.2 Å². The van der Waals surface area contributed by atoms with Crippen LogP contribution in [0.5, 0.6) is 0 Å². The average molecular weight is 364 g/mol. The average Bonchev–Trinajstić information content (AvgIpc) is 3.01. The van der Waals surface area contributed by atoms with Gasteiger partial charge in [0.2, 0.25) is 11.8 Å². The molecule has 1 heterocycles. The number of nitrogens with one attached hydrogen (secondary N) is 1. The van der Waals surface area contributed by atoms with Crippen molar-refractivity contribution < 1.29 is 23.9 Å². The third-order valence-electron chi connectivity index (χ3n) is 3.52. The third-order valence-corrected chi connectivity index (χ3v) is 4.43. The third kappa shape index (κ3) is 6.22. The van der Waals surface area contributed by atoms with Crippen molar-refractivity contribution in [3.8, 4) is 0 Å². The van der Waals surface area contributed by atoms with Crippen molar-refractivity contribution in [2.24, 2.45) is 0 Å². The molecule has 0 unspecified atom stereocenters. The Balaban J connectivity index is 1.61. The Morgan fingerprint density at radius 1 is 1.20 bits per heavy atom. The maximum atomic E-state index is 11.8. The zero-order valence-corrected chi connectivity index (χ0v) is 14.8. The summed E-state index contributed by atoms with van der Waals surface area (Å²) < 4.78 is 4.84. The number of esters is 1. The predicted molar refractivity (Wildman–Crippen MR) is 94.0 cm³/mol. The number of thioether (sulfide) groups is 1. The molecule has 0 radical (unpaired) electrons. The lowest BCUT2D eigenvalue weighted by molar-refractivity contribution is -0.153. The molecule has 0 aromatic heterocycles. The Bertz CT molecular complexity index is 660. The van der Waals surface area contributed by atoms with Gasteiger partial charge in [-0.05, 0) is 25.5 Å². The predicted octanol–water partition coefficient (Wildman–Crippen LogP) is 1.36. The highest BCUT2D eigenvalue weighted by molar-refractivity contribution is 8.00. The second-order valence-electron chi connectivity index (χ2n) is 5.61. The highest BCUT2D eigenvalue weighted by Gasteiger charge is 2.26. The molecule has 7 nitrogen and oxygen atoms in total. The van der Waals surface area contributed by atoms with E-state index in [4.69, 9.17) is 4.74 Å². The Morgan fingerprint density at radius 3 is 2.56 bits per heavy atom. The molecule has 1 aliphatic heterocycles. The van der Waals surface area contributed by atoms with Crippen LogP contribution in [0.25, 0.3) is 0 Å². The van der Waals surface area contributed by atoms with Crippen LogP contribution in [0.3, 0.4) is 0 Å². The quantitative estimate of drug-likeness (QED) is 0.735. The SMILES string of the molecule is Cc1ccc(NC(=O)CSCC(=O)OCC(=O)N2CCCC2=O)cc1. The zero-order valence-electron chi connectivity index (χ0n) is 13.9. The molecule has 3 amide bonds. The van der Waals surface area contributed by atoms with E-state index >= 15 is 0 Å². The fourth-order valence-electron chi connectivity index (χ4n) is 2.23. The Kier molecular flexibility index (Phi) is 7.00. The van der Waals surface area contributed by atoms with Gasteiger partial charge in [0.15, 0.2) is 6.61 Å². The van der Waals surface area contributed by atoms with Gasteiger partial charge in [-0.1, -0.05) is 17.7 Å². The van der Waals surface area contributed by atoms with Gasteiger partial charge in [-0.2, -0.15) is 0 Å². The molecule has 0 atom stereocenters. The van der Waals surface area contributed by atoms with E-state index in [0.29, 0.717) is 25.1 Å². The number of rotatable bonds is 7. The standard InChI is InChI=1S/C17H20N2O5S/c1-12-4-6-13(7-5-12)18-14(20)10-25-11-17(23)24-9-16(22)19-8-2-3-15(19)21/h4-7H,2-3,8-11H2,1H3,(H,18,20). The molecule has 1 saturated heterocycles. The summed E-state index contributed by atoms with van der Waals surface area (Å²) in [4.78, 5) is 47.6. The maximum Gasteiger partial charge on any atom is 0.316 e. The van der Waals surface area contributed by atoms with Gasteiger partial charge in [-0.3, -0.25) is 24.1 Å². The molecule has 2 rings (SSSR count). The molecular weight excluding hydrogens is 344 g/mol. The first-order valence-corrected chi connectivity index (χ1v) is 9.04. The summed E-state index contributed by atoms with van der Waals surface area (Å²) in [6, 6.07) is 7.39. The summed E-state index contributed by atoms with van der Waals surface area (Å²) in [6.45, 7) is 1.89. The zero-order chi connectivity index (χ0) is 18.2. The highest BCUT2D eigenvalue weighted by atomic mass is 32.2. The molecule has 25 heavy (non-hydrogen) atoms. The molecule has 0 aliphatic carbocycles. The van der Waals surface area contributed by atoms with E-state index in [-0.39, 0.29) is 23.3 Å². The van der Waals surface area contributed by atoms with Gasteiger partial charge < -0.3 is 10.1 Å². The molecule has 8 heteroatoms. The van der Waals surface area contributed by atoms with Gasteiger partial charge in [0.05, 0.1) is 11.5 Å². The number of nitrogens with zero attached hydrogens (tertiary/aromatic N) is 1. The topological polar surface area (TPSA) is 92.8 Å². The molecule has 0 spiro atoms. The van der Waals surface area contributed by atoms with Crippen molar-refractivity contribution in [1.29, 1.82) is 0 Å². The summed E-state index contributed by atoms with van der Waals surface area (Å²) >= 11 is 1.10. The normalized spacial score (nSPS) is 13.6. The molecule has 1 aliphatic rings. The van der Waals surface area contributed by atoms with Crippen molar-refractivity contribution in [2.45, 2.75) is 19.8 Å². The molecular formula is C17H20N2O5S. The Morgan fingerprint density at radius 2 is 1.92 bits per heavy atom. The summed E-state index contributed by atoms with van der Waals surface area (Å²) in [7, 11) is 0. The van der Waals surface area contributed by atoms with Crippen LogP contribution >= 0.6 is 11.8 Å². The Hall–Kier alpha value is -2.35. The van der Waals surface area contributed by atoms with E-state index in [1.165, 1.54) is 0 Å². The lowest BCUT2D eigenvalue weighted by Crippen LogP contribution is -2.35. The molecule has 0 saturated carbocycles. The molecule has 1 aromatic carbocycles. The maximum absolute atomic E-state index is 11.8. The first kappa shape index (κ1) is 19.0. The van der Waals surface area contributed by atoms with Crippen molar-refractivity contribution in [2.75, 3.05) is 30.0 Å². The number of anilines is 1. The van der Waals surface area contributed by atoms with Crippen LogP contribution in [-0.2, 0) is 23.9 Å². The van der Waals surface area contributed by atoms with E-state index in [9.17, 15) is 19.2 Å². The van der Waals surface area contributed by atoms with Crippen molar-refractivity contribution in [1.82, 2.24) is 4.90 Å². The molecule has 134 valence electrons. The number of hydrogen-bond acceptors (Lipinski definition) is 6. The van der Waals surface area contributed by atoms with Gasteiger partial charge in [0, 0.05) is 18.7 Å². The molecule has 1 fully saturated rings. The van der Waals surface area contributed by atoms with E-state index in [1.54, 1.807) is 12.1 Å². The number of imide groups is 1. The van der Waals surface area contributed by atoms with Gasteiger partial charge in [0.1, 0.15) is 0 Å². The summed E-state index contributed by atoms with van der Waals surface area (Å²) in [5, 5.41) is 2.72. The van der Waals surface area contributed by atoms with Crippen LogP contribution < -0.4 is 5.32 Å². The molecule has 0 bridgehead atoms. The fraction of sp³-hybridized carbons (Fsp3) is 0.412. The Labute approximate surface area is 150 Å². The van der Waals surface area contributed by atoms with Crippen molar-refractivity contribution in [3.63, 3.8) is 0 Å². The number of likely N-dealkylation sites (tertiary alicyclic amines) is 1. The van der Waals surface area contributed by atoms with E-state index in [1.807, 2.05) is 19.1 Å². The van der Waals surface area contributed by atoms with Gasteiger partial charge in [-0.25, -0.2) is 0 Å². The number of aryl methyl sites for hydroxylation is 1. The number of benzene rings is 1. The number of hydrogen-bond donors (Lipinski definition) is 1. The van der Waals surface area contributed by atoms with Gasteiger partial charge in [-0.15, -0.1) is 11.8 Å². The summed E-state index contributed by atoms with van der Waals surface area (Å²) in [6.07, 6.45) is 0.996. The minimum Gasteiger partial charge on any atom is -0.455 e. The van der Waals surface area contributed by atoms with Crippen molar-refractivity contribution >= 4 is 41.1 Å². The van der Waals surface area contributed by atoms with Crippen LogP contribution in [0.2, 0.25) is 0 Å². The smallest absolute Gasteiger partial charge is 0.316 e. The summed E-state index contributed by atoms with van der Waals surface area (Å²) in [5.41, 5.74) is 1.79. The molecule has 1 N–H and O–H groups in total. The fourth-order valence-corrected chi connectivity index (χ4v) is 2.84. The first-order valence-electron chi connectivity index (χ1n) is 7.89. The van der Waals surface area contributed by atoms with Gasteiger partial charge in [0.25, 0.3) is 5.91 Å². The number of carbonyl (C=O) groups is 4. The second kappa shape index (κ2) is 9.22. The summed E-state index contributed by atoms with van der Waals surface area (Å²) in [5.74, 6) is -1.49. The van der Waals surface area contributed by atoms with Crippen molar-refractivity contribution in [3.05, 3.63) is 29.8 Å². The second-order valence-corrected chi connectivity index (χ2v) is 6.60. The lowest BCUT2D eigenvalue weighted by Gasteiger charge is -2.13. The lowest BCUT2D eigenvalue weighted by atomic mass is 10.2. The van der Waals surface area contributed by atoms with Crippen LogP contribution in [0.1, 0.15) is 18.4 Å². The number of amides is 3. The number of ether oxygens (including phenoxy) is 1. The minimum atomic E-state index is -0.590. The largest absolute Gasteiger partial charge is 0.455 e. The first-order chi connectivity index (χ1) is 12.0. The van der Waals surface area contributed by atoms with Gasteiger partial charge >= 0.3 is 5.97 Å². The minimum absolute atomic E-state index is 0.0391. The number of carbonyl (C=O) groups excluding carboxylic acids is 4. The van der Waals surface area contributed by atoms with Crippen LogP contribution in [0.15, 0.2) is 24.3 Å². The monoisotopic (exact) mass is 364 g/mol. The van der Waals surface area contributed by atoms with E-state index in [0.717, 1.165) is 22.2 Å². The van der Waals surface area contributed by atoms with E-state index in [2.05, 4.69) is 5.32 Å². The van der Waals surface area contributed by atoms with Crippen LogP contribution in [0, 0.1) is 6.92 Å². The molecule has 1 aromatic rings.